The summed E-state index contributed by atoms with van der Waals surface area (Å²) in [6, 6.07) is 7.87. The van der Waals surface area contributed by atoms with Gasteiger partial charge in [-0.1, -0.05) is 31.9 Å². The second kappa shape index (κ2) is 6.19. The molecule has 1 aromatic carbocycles. The number of hydrogen-bond acceptors (Lipinski definition) is 3. The van der Waals surface area contributed by atoms with Crippen molar-refractivity contribution < 1.29 is 0 Å². The Labute approximate surface area is 108 Å². The van der Waals surface area contributed by atoms with Crippen LogP contribution in [0.15, 0.2) is 24.3 Å². The van der Waals surface area contributed by atoms with E-state index in [4.69, 9.17) is 5.73 Å². The summed E-state index contributed by atoms with van der Waals surface area (Å²) in [6.45, 7) is 2.20. The van der Waals surface area contributed by atoms with Crippen molar-refractivity contribution >= 4 is 5.69 Å². The minimum Gasteiger partial charge on any atom is -0.399 e. The smallest absolute Gasteiger partial charge is 0.150 e. The zero-order chi connectivity index (χ0) is 12.8. The molecule has 18 heavy (non-hydrogen) atoms. The van der Waals surface area contributed by atoms with Gasteiger partial charge >= 0.3 is 0 Å². The Morgan fingerprint density at radius 2 is 1.94 bits per heavy atom. The highest BCUT2D eigenvalue weighted by Crippen LogP contribution is 2.09. The predicted octanol–water partition coefficient (Wildman–Crippen LogP) is 2.71. The third-order valence-electron chi connectivity index (χ3n) is 2.93. The molecule has 2 rings (SSSR count). The van der Waals surface area contributed by atoms with Crippen molar-refractivity contribution in [1.82, 2.24) is 15.2 Å². The normalized spacial score (nSPS) is 10.7. The molecule has 2 aromatic rings. The van der Waals surface area contributed by atoms with Gasteiger partial charge in [-0.3, -0.25) is 5.10 Å². The number of nitrogens with zero attached hydrogens (tertiary/aromatic N) is 2. The maximum atomic E-state index is 5.66. The van der Waals surface area contributed by atoms with Gasteiger partial charge in [0.15, 0.2) is 5.82 Å². The third-order valence-corrected chi connectivity index (χ3v) is 2.93. The number of nitrogens with two attached hydrogens (primary N) is 1. The van der Waals surface area contributed by atoms with Crippen LogP contribution < -0.4 is 5.73 Å². The monoisotopic (exact) mass is 244 g/mol. The first-order valence-electron chi connectivity index (χ1n) is 6.52. The van der Waals surface area contributed by atoms with Crippen LogP contribution in [-0.4, -0.2) is 15.2 Å². The number of aromatic nitrogens is 3. The second-order valence-corrected chi connectivity index (χ2v) is 4.57. The minimum atomic E-state index is 0.779. The highest BCUT2D eigenvalue weighted by molar-refractivity contribution is 5.39. The summed E-state index contributed by atoms with van der Waals surface area (Å²) in [7, 11) is 0. The molecule has 0 atom stereocenters. The van der Waals surface area contributed by atoms with Crippen molar-refractivity contribution in [3.63, 3.8) is 0 Å². The first kappa shape index (κ1) is 12.6. The molecule has 0 saturated heterocycles. The summed E-state index contributed by atoms with van der Waals surface area (Å²) in [6.07, 6.45) is 5.37. The Hall–Kier alpha value is -1.84. The van der Waals surface area contributed by atoms with Crippen LogP contribution in [0.1, 0.15) is 43.4 Å². The molecule has 3 N–H and O–H groups in total. The Kier molecular flexibility index (Phi) is 4.34. The van der Waals surface area contributed by atoms with E-state index in [9.17, 15) is 0 Å². The number of rotatable bonds is 6. The average molecular weight is 244 g/mol. The standard InChI is InChI=1S/C14H20N4/c1-2-3-4-5-13-16-14(18-17-13)10-11-6-8-12(15)9-7-11/h6-9H,2-5,10,15H2,1H3,(H,16,17,18). The van der Waals surface area contributed by atoms with E-state index in [1.54, 1.807) is 0 Å². The molecule has 0 spiro atoms. The fourth-order valence-corrected chi connectivity index (χ4v) is 1.89. The first-order valence-corrected chi connectivity index (χ1v) is 6.52. The van der Waals surface area contributed by atoms with Gasteiger partial charge in [-0.05, 0) is 24.1 Å². The Morgan fingerprint density at radius 1 is 1.17 bits per heavy atom. The van der Waals surface area contributed by atoms with Crippen LogP contribution >= 0.6 is 0 Å². The van der Waals surface area contributed by atoms with Crippen LogP contribution in [0, 0.1) is 0 Å². The molecule has 0 radical (unpaired) electrons. The first-order chi connectivity index (χ1) is 8.78. The van der Waals surface area contributed by atoms with Crippen LogP contribution in [0.2, 0.25) is 0 Å². The van der Waals surface area contributed by atoms with Gasteiger partial charge in [0.1, 0.15) is 5.82 Å². The number of nitrogens with one attached hydrogen (secondary N) is 1. The van der Waals surface area contributed by atoms with E-state index in [2.05, 4.69) is 22.1 Å². The summed E-state index contributed by atoms with van der Waals surface area (Å²) in [4.78, 5) is 4.50. The van der Waals surface area contributed by atoms with Crippen molar-refractivity contribution in [3.05, 3.63) is 41.5 Å². The number of H-pyrrole nitrogens is 1. The van der Waals surface area contributed by atoms with E-state index in [-0.39, 0.29) is 0 Å². The lowest BCUT2D eigenvalue weighted by Gasteiger charge is -1.98. The maximum Gasteiger partial charge on any atom is 0.150 e. The molecular formula is C14H20N4. The molecule has 0 unspecified atom stereocenters. The summed E-state index contributed by atoms with van der Waals surface area (Å²) in [5.74, 6) is 1.85. The van der Waals surface area contributed by atoms with Gasteiger partial charge in [-0.2, -0.15) is 5.10 Å². The summed E-state index contributed by atoms with van der Waals surface area (Å²) >= 11 is 0. The second-order valence-electron chi connectivity index (χ2n) is 4.57. The van der Waals surface area contributed by atoms with Gasteiger partial charge in [0, 0.05) is 18.5 Å². The Bertz CT molecular complexity index is 473. The molecular weight excluding hydrogens is 224 g/mol. The molecule has 1 aromatic heterocycles. The summed E-state index contributed by atoms with van der Waals surface area (Å²) < 4.78 is 0. The van der Waals surface area contributed by atoms with Crippen molar-refractivity contribution in [3.8, 4) is 0 Å². The van der Waals surface area contributed by atoms with Crippen LogP contribution in [0.4, 0.5) is 5.69 Å². The Balaban J connectivity index is 1.91. The number of hydrogen-bond donors (Lipinski definition) is 2. The van der Waals surface area contributed by atoms with Crippen LogP contribution in [0.3, 0.4) is 0 Å². The molecule has 0 aliphatic carbocycles. The van der Waals surface area contributed by atoms with Gasteiger partial charge in [0.05, 0.1) is 0 Å². The number of aromatic amines is 1. The lowest BCUT2D eigenvalue weighted by molar-refractivity contribution is 0.695. The molecule has 1 heterocycles. The summed E-state index contributed by atoms with van der Waals surface area (Å²) in [5.41, 5.74) is 7.64. The zero-order valence-corrected chi connectivity index (χ0v) is 10.8. The lowest BCUT2D eigenvalue weighted by Crippen LogP contribution is -1.92. The summed E-state index contributed by atoms with van der Waals surface area (Å²) in [5, 5.41) is 7.24. The van der Waals surface area contributed by atoms with Crippen molar-refractivity contribution in [2.75, 3.05) is 5.73 Å². The molecule has 0 saturated carbocycles. The van der Waals surface area contributed by atoms with Gasteiger partial charge in [-0.15, -0.1) is 0 Å². The van der Waals surface area contributed by atoms with Gasteiger partial charge < -0.3 is 5.73 Å². The maximum absolute atomic E-state index is 5.66. The van der Waals surface area contributed by atoms with Crippen molar-refractivity contribution in [1.29, 1.82) is 0 Å². The van der Waals surface area contributed by atoms with Gasteiger partial charge in [0.25, 0.3) is 0 Å². The highest BCUT2D eigenvalue weighted by Gasteiger charge is 2.04. The molecule has 0 fully saturated rings. The van der Waals surface area contributed by atoms with E-state index in [1.165, 1.54) is 18.4 Å². The highest BCUT2D eigenvalue weighted by atomic mass is 15.2. The number of anilines is 1. The Morgan fingerprint density at radius 3 is 2.67 bits per heavy atom. The predicted molar refractivity (Wildman–Crippen MR) is 73.3 cm³/mol. The van der Waals surface area contributed by atoms with E-state index in [0.29, 0.717) is 0 Å². The van der Waals surface area contributed by atoms with Gasteiger partial charge in [0.2, 0.25) is 0 Å². The lowest BCUT2D eigenvalue weighted by atomic mass is 10.1. The molecule has 0 bridgehead atoms. The fourth-order valence-electron chi connectivity index (χ4n) is 1.89. The minimum absolute atomic E-state index is 0.779. The van der Waals surface area contributed by atoms with E-state index in [1.807, 2.05) is 24.3 Å². The number of benzene rings is 1. The topological polar surface area (TPSA) is 67.6 Å². The van der Waals surface area contributed by atoms with Crippen LogP contribution in [-0.2, 0) is 12.8 Å². The number of aryl methyl sites for hydroxylation is 1. The fraction of sp³-hybridized carbons (Fsp3) is 0.429. The zero-order valence-electron chi connectivity index (χ0n) is 10.8. The molecule has 0 aliphatic heterocycles. The van der Waals surface area contributed by atoms with Gasteiger partial charge in [-0.25, -0.2) is 4.98 Å². The third kappa shape index (κ3) is 3.58. The average Bonchev–Trinajstić information content (AvgIpc) is 2.80. The van der Waals surface area contributed by atoms with Crippen molar-refractivity contribution in [2.45, 2.75) is 39.0 Å². The number of nitrogen functional groups attached to an aromatic ring is 1. The molecule has 96 valence electrons. The van der Waals surface area contributed by atoms with Crippen molar-refractivity contribution in [2.24, 2.45) is 0 Å². The SMILES string of the molecule is CCCCCc1n[nH]c(Cc2ccc(N)cc2)n1. The van der Waals surface area contributed by atoms with Crippen LogP contribution in [0.25, 0.3) is 0 Å². The van der Waals surface area contributed by atoms with E-state index in [0.717, 1.165) is 36.6 Å². The van der Waals surface area contributed by atoms with E-state index < -0.39 is 0 Å². The van der Waals surface area contributed by atoms with Crippen LogP contribution in [0.5, 0.6) is 0 Å². The number of unbranched alkanes of at least 4 members (excludes halogenated alkanes) is 2. The van der Waals surface area contributed by atoms with E-state index >= 15 is 0 Å². The molecule has 4 heteroatoms. The largest absolute Gasteiger partial charge is 0.399 e. The molecule has 0 amide bonds. The molecule has 0 aliphatic rings. The quantitative estimate of drug-likeness (QED) is 0.606. The molecule has 4 nitrogen and oxygen atoms in total.